The molecule has 4 atom stereocenters. The Bertz CT molecular complexity index is 871. The molecule has 1 aromatic rings. The number of carboxylic acids is 1. The molecule has 2 fully saturated rings. The van der Waals surface area contributed by atoms with Crippen LogP contribution in [0, 0.1) is 11.8 Å². The van der Waals surface area contributed by atoms with Crippen LogP contribution in [0.15, 0.2) is 24.3 Å². The fourth-order valence-electron chi connectivity index (χ4n) is 4.31. The van der Waals surface area contributed by atoms with Crippen LogP contribution in [0.4, 0.5) is 5.69 Å². The summed E-state index contributed by atoms with van der Waals surface area (Å²) in [5, 5.41) is 12.3. The zero-order chi connectivity index (χ0) is 23.4. The zero-order valence-corrected chi connectivity index (χ0v) is 18.7. The molecule has 2 saturated heterocycles. The van der Waals surface area contributed by atoms with Crippen LogP contribution in [0.3, 0.4) is 0 Å². The van der Waals surface area contributed by atoms with E-state index < -0.39 is 24.0 Å². The number of rotatable bonds is 8. The molecular weight excluding hydrogens is 414 g/mol. The van der Waals surface area contributed by atoms with E-state index >= 15 is 0 Å². The summed E-state index contributed by atoms with van der Waals surface area (Å²) in [7, 11) is 1.56. The van der Waals surface area contributed by atoms with Gasteiger partial charge in [0, 0.05) is 25.2 Å². The number of anilines is 1. The van der Waals surface area contributed by atoms with Gasteiger partial charge in [0.15, 0.2) is 0 Å². The molecule has 174 valence electrons. The van der Waals surface area contributed by atoms with E-state index in [-0.39, 0.29) is 36.6 Å². The van der Waals surface area contributed by atoms with Crippen molar-refractivity contribution in [2.75, 3.05) is 25.1 Å². The fraction of sp³-hybridized carbons (Fsp3) is 0.565. The molecule has 9 nitrogen and oxygen atoms in total. The summed E-state index contributed by atoms with van der Waals surface area (Å²) in [6, 6.07) is 5.36. The second-order valence-corrected chi connectivity index (χ2v) is 8.50. The largest absolute Gasteiger partial charge is 0.497 e. The molecule has 0 aliphatic carbocycles. The first-order valence-electron chi connectivity index (χ1n) is 11.0. The van der Waals surface area contributed by atoms with Gasteiger partial charge in [-0.2, -0.15) is 0 Å². The van der Waals surface area contributed by atoms with Gasteiger partial charge in [-0.15, -0.1) is 0 Å². The van der Waals surface area contributed by atoms with Crippen LogP contribution in [-0.2, 0) is 19.2 Å². The van der Waals surface area contributed by atoms with Gasteiger partial charge in [0.25, 0.3) is 0 Å². The number of benzene rings is 1. The predicted molar refractivity (Wildman–Crippen MR) is 117 cm³/mol. The van der Waals surface area contributed by atoms with Crippen LogP contribution < -0.4 is 15.0 Å². The monoisotopic (exact) mass is 445 g/mol. The molecule has 3 amide bonds. The quantitative estimate of drug-likeness (QED) is 0.629. The van der Waals surface area contributed by atoms with Gasteiger partial charge >= 0.3 is 5.97 Å². The highest BCUT2D eigenvalue weighted by Crippen LogP contribution is 2.28. The molecule has 0 bridgehead atoms. The van der Waals surface area contributed by atoms with Crippen molar-refractivity contribution >= 4 is 29.4 Å². The molecule has 9 heteroatoms. The van der Waals surface area contributed by atoms with E-state index in [1.54, 1.807) is 36.3 Å². The Morgan fingerprint density at radius 2 is 1.94 bits per heavy atom. The fourth-order valence-corrected chi connectivity index (χ4v) is 4.31. The summed E-state index contributed by atoms with van der Waals surface area (Å²) in [5.74, 6) is -2.00. The number of carboxylic acid groups (broad SMARTS) is 1. The minimum Gasteiger partial charge on any atom is -0.497 e. The van der Waals surface area contributed by atoms with E-state index in [9.17, 15) is 24.3 Å². The van der Waals surface area contributed by atoms with Crippen LogP contribution >= 0.6 is 0 Å². The number of ether oxygens (including phenoxy) is 1. The zero-order valence-electron chi connectivity index (χ0n) is 18.7. The standard InChI is InChI=1S/C23H31N3O6/c1-4-14(2)20(22(29)25-11-5-6-18(25)23(30)31)24-21(28)15-12-19(27)26(13-15)16-7-9-17(32-3)10-8-16/h7-10,14-15,18,20H,4-6,11-13H2,1-3H3,(H,24,28)(H,30,31). The van der Waals surface area contributed by atoms with E-state index in [4.69, 9.17) is 4.74 Å². The Kier molecular flexibility index (Phi) is 7.37. The normalized spacial score (nSPS) is 22.5. The molecule has 0 radical (unpaired) electrons. The van der Waals surface area contributed by atoms with Crippen molar-refractivity contribution < 1.29 is 29.0 Å². The number of hydrogen-bond donors (Lipinski definition) is 2. The minimum atomic E-state index is -1.03. The van der Waals surface area contributed by atoms with Gasteiger partial charge in [-0.1, -0.05) is 20.3 Å². The lowest BCUT2D eigenvalue weighted by molar-refractivity contribution is -0.150. The van der Waals surface area contributed by atoms with Crippen molar-refractivity contribution in [2.45, 2.75) is 51.6 Å². The molecule has 2 heterocycles. The third-order valence-electron chi connectivity index (χ3n) is 6.48. The van der Waals surface area contributed by atoms with Crippen LogP contribution in [0.5, 0.6) is 5.75 Å². The lowest BCUT2D eigenvalue weighted by atomic mass is 9.96. The van der Waals surface area contributed by atoms with Crippen molar-refractivity contribution in [1.29, 1.82) is 0 Å². The third kappa shape index (κ3) is 4.87. The van der Waals surface area contributed by atoms with E-state index in [2.05, 4.69) is 5.32 Å². The van der Waals surface area contributed by atoms with Gasteiger partial charge in [0.1, 0.15) is 17.8 Å². The van der Waals surface area contributed by atoms with Crippen LogP contribution in [0.1, 0.15) is 39.5 Å². The number of likely N-dealkylation sites (tertiary alicyclic amines) is 1. The highest BCUT2D eigenvalue weighted by Gasteiger charge is 2.41. The van der Waals surface area contributed by atoms with Gasteiger partial charge in [-0.3, -0.25) is 14.4 Å². The Hall–Kier alpha value is -3.10. The topological polar surface area (TPSA) is 116 Å². The Morgan fingerprint density at radius 1 is 1.25 bits per heavy atom. The number of aliphatic carboxylic acids is 1. The molecule has 4 unspecified atom stereocenters. The lowest BCUT2D eigenvalue weighted by Crippen LogP contribution is -2.55. The maximum absolute atomic E-state index is 13.2. The SMILES string of the molecule is CCC(C)C(NC(=O)C1CC(=O)N(c2ccc(OC)cc2)C1)C(=O)N1CCCC1C(=O)O. The second kappa shape index (κ2) is 10.0. The van der Waals surface area contributed by atoms with E-state index in [0.29, 0.717) is 37.2 Å². The number of amides is 3. The molecule has 2 N–H and O–H groups in total. The van der Waals surface area contributed by atoms with Crippen LogP contribution in [-0.4, -0.2) is 66.0 Å². The van der Waals surface area contributed by atoms with Crippen molar-refractivity contribution in [2.24, 2.45) is 11.8 Å². The number of carbonyl (C=O) groups excluding carboxylic acids is 3. The lowest BCUT2D eigenvalue weighted by Gasteiger charge is -2.31. The molecule has 0 saturated carbocycles. The Labute approximate surface area is 187 Å². The van der Waals surface area contributed by atoms with Crippen molar-refractivity contribution in [3.8, 4) is 5.75 Å². The molecule has 2 aliphatic rings. The molecule has 3 rings (SSSR count). The van der Waals surface area contributed by atoms with Crippen LogP contribution in [0.2, 0.25) is 0 Å². The predicted octanol–water partition coefficient (Wildman–Crippen LogP) is 1.65. The van der Waals surface area contributed by atoms with E-state index in [1.165, 1.54) is 4.90 Å². The average Bonchev–Trinajstić information content (AvgIpc) is 3.43. The minimum absolute atomic E-state index is 0.0563. The average molecular weight is 446 g/mol. The van der Waals surface area contributed by atoms with Crippen molar-refractivity contribution in [3.05, 3.63) is 24.3 Å². The number of methoxy groups -OCH3 is 1. The van der Waals surface area contributed by atoms with Crippen LogP contribution in [0.25, 0.3) is 0 Å². The van der Waals surface area contributed by atoms with Gasteiger partial charge in [-0.05, 0) is 43.0 Å². The molecular formula is C23H31N3O6. The number of nitrogens with zero attached hydrogens (tertiary/aromatic N) is 2. The molecule has 2 aliphatic heterocycles. The molecule has 32 heavy (non-hydrogen) atoms. The number of hydrogen-bond acceptors (Lipinski definition) is 5. The molecule has 0 aromatic heterocycles. The maximum Gasteiger partial charge on any atom is 0.326 e. The smallest absolute Gasteiger partial charge is 0.326 e. The Morgan fingerprint density at radius 3 is 2.53 bits per heavy atom. The van der Waals surface area contributed by atoms with E-state index in [0.717, 1.165) is 0 Å². The second-order valence-electron chi connectivity index (χ2n) is 8.50. The summed E-state index contributed by atoms with van der Waals surface area (Å²) >= 11 is 0. The summed E-state index contributed by atoms with van der Waals surface area (Å²) < 4.78 is 5.14. The van der Waals surface area contributed by atoms with Gasteiger partial charge in [0.05, 0.1) is 13.0 Å². The summed E-state index contributed by atoms with van der Waals surface area (Å²) in [5.41, 5.74) is 0.682. The Balaban J connectivity index is 1.70. The van der Waals surface area contributed by atoms with Crippen molar-refractivity contribution in [1.82, 2.24) is 10.2 Å². The molecule has 0 spiro atoms. The first-order valence-corrected chi connectivity index (χ1v) is 11.0. The van der Waals surface area contributed by atoms with E-state index in [1.807, 2.05) is 13.8 Å². The summed E-state index contributed by atoms with van der Waals surface area (Å²) in [6.07, 6.45) is 1.73. The molecule has 1 aromatic carbocycles. The highest BCUT2D eigenvalue weighted by atomic mass is 16.5. The maximum atomic E-state index is 13.2. The summed E-state index contributed by atoms with van der Waals surface area (Å²) in [4.78, 5) is 53.2. The number of nitrogens with one attached hydrogen (secondary N) is 1. The first kappa shape index (κ1) is 23.6. The number of carbonyl (C=O) groups is 4. The first-order chi connectivity index (χ1) is 15.3. The van der Waals surface area contributed by atoms with Gasteiger partial charge in [-0.25, -0.2) is 4.79 Å². The third-order valence-corrected chi connectivity index (χ3v) is 6.48. The van der Waals surface area contributed by atoms with Gasteiger partial charge < -0.3 is 25.0 Å². The van der Waals surface area contributed by atoms with Gasteiger partial charge in [0.2, 0.25) is 17.7 Å². The summed E-state index contributed by atoms with van der Waals surface area (Å²) in [6.45, 7) is 4.37. The van der Waals surface area contributed by atoms with Crippen molar-refractivity contribution in [3.63, 3.8) is 0 Å². The highest BCUT2D eigenvalue weighted by molar-refractivity contribution is 6.01.